The van der Waals surface area contributed by atoms with E-state index in [9.17, 15) is 9.18 Å². The Balaban J connectivity index is 3.15. The zero-order chi connectivity index (χ0) is 8.43. The third-order valence-electron chi connectivity index (χ3n) is 1.15. The Morgan fingerprint density at radius 3 is 2.64 bits per heavy atom. The Labute approximate surface area is 81.7 Å². The van der Waals surface area contributed by atoms with Gasteiger partial charge in [0, 0.05) is 28.2 Å². The van der Waals surface area contributed by atoms with Gasteiger partial charge in [-0.25, -0.2) is 4.39 Å². The Kier molecular flexibility index (Phi) is 2.84. The fourth-order valence-electron chi connectivity index (χ4n) is 0.618. The van der Waals surface area contributed by atoms with Crippen molar-refractivity contribution in [1.29, 1.82) is 0 Å². The van der Waals surface area contributed by atoms with Crippen LogP contribution in [0.25, 0.3) is 0 Å². The minimum Gasteiger partial charge on any atom is -0.282 e. The van der Waals surface area contributed by atoms with Crippen molar-refractivity contribution in [2.45, 2.75) is 0 Å². The highest BCUT2D eigenvalue weighted by atomic mass is 127. The molecule has 58 valence electrons. The number of hydrogen-bond donors (Lipinski definition) is 0. The van der Waals surface area contributed by atoms with Crippen LogP contribution in [0.3, 0.4) is 0 Å². The van der Waals surface area contributed by atoms with Gasteiger partial charge in [0.2, 0.25) is 3.79 Å². The molecule has 1 aromatic rings. The summed E-state index contributed by atoms with van der Waals surface area (Å²) in [7, 11) is 0. The van der Waals surface area contributed by atoms with E-state index in [1.165, 1.54) is 18.2 Å². The lowest BCUT2D eigenvalue weighted by molar-refractivity contribution is 0.110. The first-order valence-electron chi connectivity index (χ1n) is 2.76. The van der Waals surface area contributed by atoms with Gasteiger partial charge in [-0.1, -0.05) is 11.6 Å². The lowest BCUT2D eigenvalue weighted by Crippen LogP contribution is -1.88. The van der Waals surface area contributed by atoms with E-state index in [1.807, 2.05) is 0 Å². The van der Waals surface area contributed by atoms with Crippen LogP contribution in [0.15, 0.2) is 18.2 Å². The lowest BCUT2D eigenvalue weighted by atomic mass is 10.2. The van der Waals surface area contributed by atoms with Crippen molar-refractivity contribution in [3.63, 3.8) is 0 Å². The first-order valence-corrected chi connectivity index (χ1v) is 4.22. The molecule has 0 radical (unpaired) electrons. The van der Waals surface area contributed by atoms with Crippen LogP contribution in [0.1, 0.15) is 10.4 Å². The fraction of sp³-hybridized carbons (Fsp3) is 0. The van der Waals surface area contributed by atoms with Crippen molar-refractivity contribution in [1.82, 2.24) is 0 Å². The molecule has 0 aromatic heterocycles. The standard InChI is InChI=1S/C7H3ClFIO/c8-5-3-4(7(10)11)1-2-6(5)9/h1-3H. The van der Waals surface area contributed by atoms with Gasteiger partial charge in [-0.15, -0.1) is 0 Å². The van der Waals surface area contributed by atoms with E-state index in [0.717, 1.165) is 0 Å². The SMILES string of the molecule is O=C(I)c1ccc(F)c(Cl)c1. The van der Waals surface area contributed by atoms with E-state index in [-0.39, 0.29) is 8.81 Å². The average molecular weight is 284 g/mol. The van der Waals surface area contributed by atoms with Crippen LogP contribution in [0.4, 0.5) is 4.39 Å². The number of hydrogen-bond acceptors (Lipinski definition) is 1. The van der Waals surface area contributed by atoms with Gasteiger partial charge in [0.25, 0.3) is 0 Å². The second-order valence-corrected chi connectivity index (χ2v) is 3.29. The highest BCUT2D eigenvalue weighted by Crippen LogP contribution is 2.17. The molecule has 1 aromatic carbocycles. The summed E-state index contributed by atoms with van der Waals surface area (Å²) in [5, 5.41) is -0.0208. The predicted octanol–water partition coefficient (Wildman–Crippen LogP) is 3.05. The Morgan fingerprint density at radius 1 is 1.55 bits per heavy atom. The first-order chi connectivity index (χ1) is 5.11. The van der Waals surface area contributed by atoms with Gasteiger partial charge >= 0.3 is 0 Å². The molecule has 0 bridgehead atoms. The predicted molar refractivity (Wildman–Crippen MR) is 49.8 cm³/mol. The molecule has 0 spiro atoms. The van der Waals surface area contributed by atoms with Crippen LogP contribution in [-0.4, -0.2) is 3.79 Å². The molecule has 0 saturated heterocycles. The minimum atomic E-state index is -0.506. The molecule has 1 rings (SSSR count). The molecule has 11 heavy (non-hydrogen) atoms. The molecule has 0 amide bonds. The lowest BCUT2D eigenvalue weighted by Gasteiger charge is -1.95. The van der Waals surface area contributed by atoms with Crippen LogP contribution in [0.5, 0.6) is 0 Å². The van der Waals surface area contributed by atoms with E-state index in [4.69, 9.17) is 11.6 Å². The van der Waals surface area contributed by atoms with Crippen molar-refractivity contribution < 1.29 is 9.18 Å². The summed E-state index contributed by atoms with van der Waals surface area (Å²) >= 11 is 7.04. The van der Waals surface area contributed by atoms with Crippen molar-refractivity contribution >= 4 is 38.0 Å². The molecule has 0 aliphatic carbocycles. The zero-order valence-corrected chi connectivity index (χ0v) is 8.19. The number of benzene rings is 1. The molecule has 1 nitrogen and oxygen atoms in total. The minimum absolute atomic E-state index is 0.0208. The Hall–Kier alpha value is -0.160. The van der Waals surface area contributed by atoms with Gasteiger partial charge in [0.1, 0.15) is 5.82 Å². The van der Waals surface area contributed by atoms with Gasteiger partial charge in [0.05, 0.1) is 5.02 Å². The maximum absolute atomic E-state index is 12.5. The number of rotatable bonds is 1. The van der Waals surface area contributed by atoms with Gasteiger partial charge < -0.3 is 0 Å². The monoisotopic (exact) mass is 284 g/mol. The molecular formula is C7H3ClFIO. The number of carbonyl (C=O) groups excluding carboxylic acids is 1. The molecule has 0 aliphatic heterocycles. The van der Waals surface area contributed by atoms with Gasteiger partial charge in [-0.2, -0.15) is 0 Å². The van der Waals surface area contributed by atoms with E-state index < -0.39 is 5.82 Å². The van der Waals surface area contributed by atoms with E-state index in [2.05, 4.69) is 0 Å². The third-order valence-corrected chi connectivity index (χ3v) is 2.06. The largest absolute Gasteiger partial charge is 0.282 e. The molecule has 0 saturated carbocycles. The van der Waals surface area contributed by atoms with Crippen molar-refractivity contribution in [3.8, 4) is 0 Å². The summed E-state index contributed by atoms with van der Waals surface area (Å²) < 4.78 is 12.4. The Bertz CT molecular complexity index is 300. The molecule has 0 unspecified atom stereocenters. The van der Waals surface area contributed by atoms with Crippen LogP contribution in [0.2, 0.25) is 5.02 Å². The number of carbonyl (C=O) groups is 1. The van der Waals surface area contributed by atoms with Crippen LogP contribution in [-0.2, 0) is 0 Å². The summed E-state index contributed by atoms with van der Waals surface area (Å²) in [6, 6.07) is 3.88. The van der Waals surface area contributed by atoms with E-state index in [1.54, 1.807) is 22.6 Å². The van der Waals surface area contributed by atoms with Crippen LogP contribution < -0.4 is 0 Å². The molecule has 0 N–H and O–H groups in total. The molecule has 0 heterocycles. The molecule has 0 aliphatic rings. The summed E-state index contributed by atoms with van der Waals surface area (Å²) in [5.74, 6) is -0.506. The maximum atomic E-state index is 12.5. The zero-order valence-electron chi connectivity index (χ0n) is 5.27. The molecular weight excluding hydrogens is 281 g/mol. The van der Waals surface area contributed by atoms with Gasteiger partial charge in [-0.3, -0.25) is 4.79 Å². The second-order valence-electron chi connectivity index (χ2n) is 1.90. The second kappa shape index (κ2) is 3.49. The highest BCUT2D eigenvalue weighted by molar-refractivity contribution is 14.1. The first kappa shape index (κ1) is 8.93. The van der Waals surface area contributed by atoms with Gasteiger partial charge in [-0.05, 0) is 18.2 Å². The topological polar surface area (TPSA) is 17.1 Å². The van der Waals surface area contributed by atoms with Crippen LogP contribution >= 0.6 is 34.2 Å². The molecule has 4 heteroatoms. The smallest absolute Gasteiger partial charge is 0.222 e. The summed E-state index contributed by atoms with van der Waals surface area (Å²) in [4.78, 5) is 10.7. The average Bonchev–Trinajstić information content (AvgIpc) is 1.94. The number of halogens is 3. The van der Waals surface area contributed by atoms with Gasteiger partial charge in [0.15, 0.2) is 0 Å². The molecule has 0 fully saturated rings. The summed E-state index contributed by atoms with van der Waals surface area (Å²) in [6.07, 6.45) is 0. The Morgan fingerprint density at radius 2 is 2.18 bits per heavy atom. The fourth-order valence-corrected chi connectivity index (χ4v) is 1.13. The highest BCUT2D eigenvalue weighted by Gasteiger charge is 2.04. The van der Waals surface area contributed by atoms with E-state index in [0.29, 0.717) is 5.56 Å². The third kappa shape index (κ3) is 2.13. The van der Waals surface area contributed by atoms with Crippen molar-refractivity contribution in [2.75, 3.05) is 0 Å². The quantitative estimate of drug-likeness (QED) is 0.572. The van der Waals surface area contributed by atoms with Crippen molar-refractivity contribution in [2.24, 2.45) is 0 Å². The molecule has 0 atom stereocenters. The van der Waals surface area contributed by atoms with Crippen molar-refractivity contribution in [3.05, 3.63) is 34.6 Å². The van der Waals surface area contributed by atoms with E-state index >= 15 is 0 Å². The summed E-state index contributed by atoms with van der Waals surface area (Å²) in [5.41, 5.74) is 0.414. The summed E-state index contributed by atoms with van der Waals surface area (Å²) in [6.45, 7) is 0. The normalized spacial score (nSPS) is 9.73. The van der Waals surface area contributed by atoms with Crippen LogP contribution in [0, 0.1) is 5.82 Å². The maximum Gasteiger partial charge on any atom is 0.222 e.